The van der Waals surface area contributed by atoms with E-state index in [0.29, 0.717) is 5.56 Å². The molecule has 94 valence electrons. The monoisotopic (exact) mass is 248 g/mol. The third-order valence-corrected chi connectivity index (χ3v) is 2.54. The maximum Gasteiger partial charge on any atom is 0.175 e. The molecule has 1 aromatic carbocycles. The summed E-state index contributed by atoms with van der Waals surface area (Å²) in [5, 5.41) is 0. The van der Waals surface area contributed by atoms with Crippen molar-refractivity contribution in [1.29, 1.82) is 0 Å². The number of benzene rings is 1. The number of sulfone groups is 1. The third kappa shape index (κ3) is 6.56. The Kier molecular flexibility index (Phi) is 9.05. The standard InChI is InChI=1S/C8H9FO2S.2C2H6/c1-6-3-7(9)5-8(4-6)12(2,10)11;2*1-2/h3-5H,1-2H3;2*1-2H3. The first kappa shape index (κ1) is 17.5. The molecule has 2 nitrogen and oxygen atoms in total. The van der Waals surface area contributed by atoms with Crippen molar-refractivity contribution < 1.29 is 12.8 Å². The van der Waals surface area contributed by atoms with E-state index in [1.807, 2.05) is 27.7 Å². The molecule has 0 bridgehead atoms. The molecule has 0 aromatic heterocycles. The largest absolute Gasteiger partial charge is 0.224 e. The van der Waals surface area contributed by atoms with Gasteiger partial charge in [-0.1, -0.05) is 27.7 Å². The molecule has 1 aromatic rings. The lowest BCUT2D eigenvalue weighted by Gasteiger charge is -1.99. The van der Waals surface area contributed by atoms with Crippen molar-refractivity contribution in [2.75, 3.05) is 6.26 Å². The van der Waals surface area contributed by atoms with Crippen LogP contribution in [0.1, 0.15) is 33.3 Å². The molecule has 0 spiro atoms. The normalized spacial score (nSPS) is 9.44. The SMILES string of the molecule is CC.CC.Cc1cc(F)cc(S(C)(=O)=O)c1. The van der Waals surface area contributed by atoms with Crippen LogP contribution in [0.25, 0.3) is 0 Å². The van der Waals surface area contributed by atoms with Crippen LogP contribution in [0, 0.1) is 12.7 Å². The molecule has 0 heterocycles. The summed E-state index contributed by atoms with van der Waals surface area (Å²) in [6.45, 7) is 9.65. The van der Waals surface area contributed by atoms with E-state index in [4.69, 9.17) is 0 Å². The summed E-state index contributed by atoms with van der Waals surface area (Å²) in [5.41, 5.74) is 0.607. The summed E-state index contributed by atoms with van der Waals surface area (Å²) in [6.07, 6.45) is 1.06. The predicted octanol–water partition coefficient (Wildman–Crippen LogP) is 3.59. The van der Waals surface area contributed by atoms with E-state index in [1.54, 1.807) is 6.92 Å². The lowest BCUT2D eigenvalue weighted by molar-refractivity contribution is 0.595. The zero-order chi connectivity index (χ0) is 13.4. The highest BCUT2D eigenvalue weighted by Crippen LogP contribution is 2.13. The minimum atomic E-state index is -3.29. The Bertz CT molecular complexity index is 377. The van der Waals surface area contributed by atoms with Gasteiger partial charge in [-0.2, -0.15) is 0 Å². The van der Waals surface area contributed by atoms with Crippen molar-refractivity contribution in [3.63, 3.8) is 0 Å². The van der Waals surface area contributed by atoms with Crippen LogP contribution in [-0.4, -0.2) is 14.7 Å². The fourth-order valence-corrected chi connectivity index (χ4v) is 1.64. The number of aryl methyl sites for hydroxylation is 1. The quantitative estimate of drug-likeness (QED) is 0.761. The van der Waals surface area contributed by atoms with Crippen molar-refractivity contribution in [2.45, 2.75) is 39.5 Å². The average molecular weight is 248 g/mol. The number of halogens is 1. The molecular weight excluding hydrogens is 227 g/mol. The maximum absolute atomic E-state index is 12.7. The van der Waals surface area contributed by atoms with Crippen LogP contribution in [0.2, 0.25) is 0 Å². The van der Waals surface area contributed by atoms with Gasteiger partial charge in [-0.15, -0.1) is 0 Å². The van der Waals surface area contributed by atoms with Crippen molar-refractivity contribution >= 4 is 9.84 Å². The summed E-state index contributed by atoms with van der Waals surface area (Å²) < 4.78 is 34.6. The lowest BCUT2D eigenvalue weighted by Crippen LogP contribution is -1.98. The Labute approximate surface area is 98.4 Å². The van der Waals surface area contributed by atoms with E-state index >= 15 is 0 Å². The van der Waals surface area contributed by atoms with Crippen LogP contribution in [-0.2, 0) is 9.84 Å². The average Bonchev–Trinajstić information content (AvgIpc) is 2.21. The van der Waals surface area contributed by atoms with Crippen molar-refractivity contribution in [3.8, 4) is 0 Å². The van der Waals surface area contributed by atoms with Crippen LogP contribution >= 0.6 is 0 Å². The molecule has 0 saturated heterocycles. The van der Waals surface area contributed by atoms with Crippen LogP contribution in [0.5, 0.6) is 0 Å². The first-order valence-corrected chi connectivity index (χ1v) is 7.26. The van der Waals surface area contributed by atoms with Gasteiger partial charge in [0.05, 0.1) is 4.90 Å². The first-order valence-electron chi connectivity index (χ1n) is 5.37. The molecule has 0 aliphatic carbocycles. The Balaban J connectivity index is 0. The Morgan fingerprint density at radius 2 is 1.44 bits per heavy atom. The molecule has 1 rings (SSSR count). The highest BCUT2D eigenvalue weighted by Gasteiger charge is 2.08. The first-order chi connectivity index (χ1) is 7.39. The summed E-state index contributed by atoms with van der Waals surface area (Å²) in [7, 11) is -3.29. The van der Waals surface area contributed by atoms with Crippen LogP contribution < -0.4 is 0 Å². The zero-order valence-corrected chi connectivity index (χ0v) is 11.7. The molecule has 0 radical (unpaired) electrons. The van der Waals surface area contributed by atoms with Crippen LogP contribution in [0.3, 0.4) is 0 Å². The number of hydrogen-bond acceptors (Lipinski definition) is 2. The van der Waals surface area contributed by atoms with Gasteiger partial charge in [0, 0.05) is 6.26 Å². The molecule has 0 atom stereocenters. The second-order valence-electron chi connectivity index (χ2n) is 2.74. The summed E-state index contributed by atoms with van der Waals surface area (Å²) in [5.74, 6) is -0.518. The van der Waals surface area contributed by atoms with Crippen molar-refractivity contribution in [2.24, 2.45) is 0 Å². The predicted molar refractivity (Wildman–Crippen MR) is 66.9 cm³/mol. The Morgan fingerprint density at radius 3 is 1.75 bits per heavy atom. The fourth-order valence-electron chi connectivity index (χ4n) is 0.917. The minimum absolute atomic E-state index is 0.0278. The molecule has 0 N–H and O–H groups in total. The van der Waals surface area contributed by atoms with Gasteiger partial charge in [0.25, 0.3) is 0 Å². The summed E-state index contributed by atoms with van der Waals surface area (Å²) in [6, 6.07) is 3.75. The molecule has 4 heteroatoms. The van der Waals surface area contributed by atoms with E-state index in [-0.39, 0.29) is 4.90 Å². The van der Waals surface area contributed by atoms with Gasteiger partial charge in [-0.25, -0.2) is 12.8 Å². The smallest absolute Gasteiger partial charge is 0.175 e. The van der Waals surface area contributed by atoms with Gasteiger partial charge in [-0.3, -0.25) is 0 Å². The second-order valence-corrected chi connectivity index (χ2v) is 4.75. The van der Waals surface area contributed by atoms with Gasteiger partial charge in [-0.05, 0) is 30.7 Å². The molecule has 16 heavy (non-hydrogen) atoms. The van der Waals surface area contributed by atoms with Gasteiger partial charge in [0.2, 0.25) is 0 Å². The van der Waals surface area contributed by atoms with E-state index in [0.717, 1.165) is 12.3 Å². The van der Waals surface area contributed by atoms with E-state index in [1.165, 1.54) is 12.1 Å². The topological polar surface area (TPSA) is 34.1 Å². The van der Waals surface area contributed by atoms with E-state index in [2.05, 4.69) is 0 Å². The fraction of sp³-hybridized carbons (Fsp3) is 0.500. The minimum Gasteiger partial charge on any atom is -0.224 e. The van der Waals surface area contributed by atoms with Crippen molar-refractivity contribution in [3.05, 3.63) is 29.6 Å². The molecule has 0 unspecified atom stereocenters. The number of rotatable bonds is 1. The van der Waals surface area contributed by atoms with E-state index in [9.17, 15) is 12.8 Å². The molecule has 0 aliphatic rings. The molecular formula is C12H21FO2S. The van der Waals surface area contributed by atoms with Crippen LogP contribution in [0.15, 0.2) is 23.1 Å². The van der Waals surface area contributed by atoms with Crippen molar-refractivity contribution in [1.82, 2.24) is 0 Å². The van der Waals surface area contributed by atoms with Gasteiger partial charge in [0.15, 0.2) is 9.84 Å². The van der Waals surface area contributed by atoms with Gasteiger partial charge < -0.3 is 0 Å². The summed E-state index contributed by atoms with van der Waals surface area (Å²) in [4.78, 5) is 0.0278. The van der Waals surface area contributed by atoms with E-state index < -0.39 is 15.7 Å². The molecule has 0 fully saturated rings. The Morgan fingerprint density at radius 1 is 1.00 bits per heavy atom. The highest BCUT2D eigenvalue weighted by atomic mass is 32.2. The molecule has 0 aliphatic heterocycles. The lowest BCUT2D eigenvalue weighted by atomic mass is 10.2. The molecule has 0 saturated carbocycles. The Hall–Kier alpha value is -0.900. The van der Waals surface area contributed by atoms with Gasteiger partial charge in [0.1, 0.15) is 5.82 Å². The molecule has 0 amide bonds. The third-order valence-electron chi connectivity index (χ3n) is 1.44. The number of hydrogen-bond donors (Lipinski definition) is 0. The van der Waals surface area contributed by atoms with Crippen LogP contribution in [0.4, 0.5) is 4.39 Å². The summed E-state index contributed by atoms with van der Waals surface area (Å²) >= 11 is 0. The highest BCUT2D eigenvalue weighted by molar-refractivity contribution is 7.90. The zero-order valence-electron chi connectivity index (χ0n) is 10.8. The van der Waals surface area contributed by atoms with Gasteiger partial charge >= 0.3 is 0 Å². The second kappa shape index (κ2) is 8.28. The maximum atomic E-state index is 12.7.